The van der Waals surface area contributed by atoms with Gasteiger partial charge in [0.25, 0.3) is 0 Å². The van der Waals surface area contributed by atoms with Gasteiger partial charge < -0.3 is 40.0 Å². The third-order valence-corrected chi connectivity index (χ3v) is 16.9. The van der Waals surface area contributed by atoms with Crippen molar-refractivity contribution < 1.29 is 46.8 Å². The number of hydrogen-bond donors (Lipinski definition) is 4. The molecule has 2 aromatic carbocycles. The van der Waals surface area contributed by atoms with Gasteiger partial charge in [0.15, 0.2) is 5.13 Å². The molecule has 2 saturated carbocycles. The summed E-state index contributed by atoms with van der Waals surface area (Å²) in [6.45, 7) is 3.92. The van der Waals surface area contributed by atoms with Gasteiger partial charge in [0, 0.05) is 34.9 Å². The van der Waals surface area contributed by atoms with Crippen molar-refractivity contribution in [2.45, 2.75) is 139 Å². The number of anilines is 1. The smallest absolute Gasteiger partial charge is 0.408 e. The topological polar surface area (TPSA) is 181 Å². The van der Waals surface area contributed by atoms with Gasteiger partial charge in [-0.15, -0.1) is 11.3 Å². The zero-order valence-electron chi connectivity index (χ0n) is 36.7. The van der Waals surface area contributed by atoms with Crippen molar-refractivity contribution in [3.63, 3.8) is 0 Å². The van der Waals surface area contributed by atoms with Gasteiger partial charge in [-0.1, -0.05) is 49.8 Å². The molecule has 0 spiro atoms. The Morgan fingerprint density at radius 2 is 1.71 bits per heavy atom. The lowest BCUT2D eigenvalue weighted by Crippen LogP contribution is -2.55. The van der Waals surface area contributed by atoms with Gasteiger partial charge in [-0.25, -0.2) is 23.5 Å². The average molecular weight is 957 g/mol. The molecular formula is C46H56ClF2N6O8PS. The molecule has 4 heterocycles. The van der Waals surface area contributed by atoms with E-state index in [0.29, 0.717) is 64.6 Å². The van der Waals surface area contributed by atoms with E-state index in [1.807, 2.05) is 19.2 Å². The molecule has 65 heavy (non-hydrogen) atoms. The molecule has 19 heteroatoms. The number of aromatic nitrogens is 2. The highest BCUT2D eigenvalue weighted by molar-refractivity contribution is 7.59. The Labute approximate surface area is 386 Å². The van der Waals surface area contributed by atoms with E-state index in [-0.39, 0.29) is 36.6 Å². The average Bonchev–Trinajstić information content (AvgIpc) is 3.68. The molecule has 4 aliphatic rings. The van der Waals surface area contributed by atoms with Gasteiger partial charge in [-0.05, 0) is 89.0 Å². The number of carbonyl (C=O) groups excluding carboxylic acids is 3. The van der Waals surface area contributed by atoms with Crippen LogP contribution in [-0.2, 0) is 25.1 Å². The lowest BCUT2D eigenvalue weighted by atomic mass is 10.0. The van der Waals surface area contributed by atoms with Crippen LogP contribution in [0.4, 0.5) is 18.7 Å². The SMILES string of the molecule is COc1ccc2c(O[C@@H]3C[C@@H]4C(=O)N[C@]5(P(=O)(O)Cc6c(F)cccc6F)C[C@H]5CCCCCCC[C@H](NC(=O)OC5CCCC5)C(=O)N4C3)cc(-c3csc(NC(C)C)n3)nc2c1Cl. The lowest BCUT2D eigenvalue weighted by molar-refractivity contribution is -0.140. The van der Waals surface area contributed by atoms with E-state index in [1.165, 1.54) is 29.4 Å². The molecule has 3 amide bonds. The van der Waals surface area contributed by atoms with E-state index in [0.717, 1.165) is 57.1 Å². The van der Waals surface area contributed by atoms with Crippen molar-refractivity contribution in [1.29, 1.82) is 0 Å². The van der Waals surface area contributed by atoms with E-state index >= 15 is 0 Å². The standard InChI is InChI=1S/C46H56ClF2N6O8PS/c1-26(2)50-44-52-36(25-65-44)35-21-39(30-18-19-38(61-3)40(47)41(30)51-35)62-29-20-37-42(56)54-46(64(59,60)24-31-32(48)15-11-16-33(31)49)22-27(46)12-7-5-4-6-8-17-34(43(57)55(37)23-29)53-45(58)63-28-13-9-10-14-28/h11,15-16,18-19,21,25-29,34,37H,4-10,12-14,17,20,22-24H2,1-3H3,(H,50,52)(H,53,58)(H,54,56)(H,59,60)/t27-,29-,34+,37-,46+/m1/s1. The number of hydrogen-bond acceptors (Lipinski definition) is 11. The fraction of sp³-hybridized carbons (Fsp3) is 0.543. The molecule has 2 aliphatic heterocycles. The summed E-state index contributed by atoms with van der Waals surface area (Å²) in [6.07, 6.45) is 5.33. The highest BCUT2D eigenvalue weighted by atomic mass is 35.5. The normalized spacial score (nSPS) is 25.2. The predicted octanol–water partition coefficient (Wildman–Crippen LogP) is 9.55. The number of pyridine rings is 1. The Bertz CT molecular complexity index is 2450. The molecule has 4 fully saturated rings. The maximum absolute atomic E-state index is 15.0. The fourth-order valence-corrected chi connectivity index (χ4v) is 13.2. The highest BCUT2D eigenvalue weighted by Gasteiger charge is 2.66. The molecular weight excluding hydrogens is 901 g/mol. The van der Waals surface area contributed by atoms with Gasteiger partial charge in [-0.3, -0.25) is 14.2 Å². The Kier molecular flexibility index (Phi) is 14.2. The first-order chi connectivity index (χ1) is 31.2. The van der Waals surface area contributed by atoms with Crippen LogP contribution in [0.5, 0.6) is 11.5 Å². The Balaban J connectivity index is 1.14. The van der Waals surface area contributed by atoms with Crippen LogP contribution in [0.25, 0.3) is 22.3 Å². The molecule has 4 N–H and O–H groups in total. The molecule has 14 nitrogen and oxygen atoms in total. The molecule has 0 bridgehead atoms. The summed E-state index contributed by atoms with van der Waals surface area (Å²) in [7, 11) is -3.06. The maximum Gasteiger partial charge on any atom is 0.408 e. The number of alkyl carbamates (subject to hydrolysis) is 1. The summed E-state index contributed by atoms with van der Waals surface area (Å²) >= 11 is 8.28. The van der Waals surface area contributed by atoms with E-state index in [2.05, 4.69) is 16.0 Å². The van der Waals surface area contributed by atoms with Gasteiger partial charge in [-0.2, -0.15) is 0 Å². The van der Waals surface area contributed by atoms with Crippen LogP contribution < -0.4 is 25.4 Å². The Hall–Kier alpha value is -4.57. The molecule has 8 rings (SSSR count). The van der Waals surface area contributed by atoms with Crippen LogP contribution in [0.2, 0.25) is 5.02 Å². The second-order valence-electron chi connectivity index (χ2n) is 18.0. The summed E-state index contributed by atoms with van der Waals surface area (Å²) < 4.78 is 62.5. The molecule has 2 aliphatic carbocycles. The number of rotatable bonds is 11. The van der Waals surface area contributed by atoms with Crippen molar-refractivity contribution in [3.8, 4) is 22.9 Å². The molecule has 0 radical (unpaired) electrons. The van der Waals surface area contributed by atoms with Crippen LogP contribution in [-0.4, -0.2) is 86.9 Å². The van der Waals surface area contributed by atoms with Crippen LogP contribution in [0.15, 0.2) is 41.8 Å². The second kappa shape index (κ2) is 19.7. The highest BCUT2D eigenvalue weighted by Crippen LogP contribution is 2.71. The summed E-state index contributed by atoms with van der Waals surface area (Å²) in [6, 6.07) is 6.29. The first-order valence-corrected chi connectivity index (χ1v) is 25.7. The zero-order valence-corrected chi connectivity index (χ0v) is 39.2. The summed E-state index contributed by atoms with van der Waals surface area (Å²) in [4.78, 5) is 65.9. The summed E-state index contributed by atoms with van der Waals surface area (Å²) in [5, 5.41) is 10.7. The number of halogens is 3. The van der Waals surface area contributed by atoms with Crippen LogP contribution in [0.3, 0.4) is 0 Å². The maximum atomic E-state index is 15.0. The van der Waals surface area contributed by atoms with Crippen LogP contribution in [0.1, 0.15) is 103 Å². The number of amides is 3. The number of methoxy groups -OCH3 is 1. The first kappa shape index (κ1) is 46.9. The van der Waals surface area contributed by atoms with E-state index in [9.17, 15) is 32.6 Å². The Morgan fingerprint density at radius 3 is 2.43 bits per heavy atom. The number of thiazole rings is 1. The fourth-order valence-electron chi connectivity index (χ4n) is 9.58. The molecule has 4 aromatic rings. The van der Waals surface area contributed by atoms with Crippen molar-refractivity contribution in [2.24, 2.45) is 5.92 Å². The monoisotopic (exact) mass is 956 g/mol. The minimum Gasteiger partial charge on any atom is -0.495 e. The first-order valence-electron chi connectivity index (χ1n) is 22.6. The van der Waals surface area contributed by atoms with E-state index < -0.39 is 78.0 Å². The van der Waals surface area contributed by atoms with E-state index in [1.54, 1.807) is 18.2 Å². The molecule has 1 unspecified atom stereocenters. The zero-order chi connectivity index (χ0) is 46.0. The van der Waals surface area contributed by atoms with Crippen molar-refractivity contribution in [1.82, 2.24) is 25.5 Å². The van der Waals surface area contributed by atoms with Gasteiger partial charge in [0.2, 0.25) is 19.2 Å². The lowest BCUT2D eigenvalue weighted by Gasteiger charge is -2.31. The number of carbonyl (C=O) groups is 3. The van der Waals surface area contributed by atoms with Gasteiger partial charge in [0.05, 0.1) is 31.0 Å². The largest absolute Gasteiger partial charge is 0.495 e. The quantitative estimate of drug-likeness (QED) is 0.105. The van der Waals surface area contributed by atoms with Crippen molar-refractivity contribution in [2.75, 3.05) is 19.0 Å². The molecule has 6 atom stereocenters. The Morgan fingerprint density at radius 1 is 1.00 bits per heavy atom. The minimum atomic E-state index is -4.56. The predicted molar refractivity (Wildman–Crippen MR) is 245 cm³/mol. The van der Waals surface area contributed by atoms with Crippen molar-refractivity contribution >= 4 is 64.2 Å². The van der Waals surface area contributed by atoms with Gasteiger partial charge >= 0.3 is 6.09 Å². The summed E-state index contributed by atoms with van der Waals surface area (Å²) in [5.74, 6) is -2.85. The second-order valence-corrected chi connectivity index (χ2v) is 21.8. The molecule has 2 aromatic heterocycles. The minimum absolute atomic E-state index is 0.0442. The number of nitrogens with one attached hydrogen (secondary N) is 3. The third kappa shape index (κ3) is 10.2. The summed E-state index contributed by atoms with van der Waals surface area (Å²) in [5.41, 5.74) is 0.862. The molecule has 350 valence electrons. The van der Waals surface area contributed by atoms with Gasteiger partial charge in [0.1, 0.15) is 63.4 Å². The number of ether oxygens (including phenoxy) is 3. The van der Waals surface area contributed by atoms with Crippen LogP contribution >= 0.6 is 30.3 Å². The van der Waals surface area contributed by atoms with Crippen LogP contribution in [0, 0.1) is 17.6 Å². The third-order valence-electron chi connectivity index (χ3n) is 13.1. The molecule has 2 saturated heterocycles. The van der Waals surface area contributed by atoms with E-state index in [4.69, 9.17) is 35.8 Å². The number of benzene rings is 2. The number of fused-ring (bicyclic) bond motifs is 3. The van der Waals surface area contributed by atoms with Crippen molar-refractivity contribution in [3.05, 3.63) is 64.0 Å². The number of nitrogens with zero attached hydrogens (tertiary/aromatic N) is 3.